The summed E-state index contributed by atoms with van der Waals surface area (Å²) >= 11 is 0. The van der Waals surface area contributed by atoms with E-state index in [1.54, 1.807) is 10.9 Å². The Morgan fingerprint density at radius 3 is 2.35 bits per heavy atom. The van der Waals surface area contributed by atoms with Gasteiger partial charge in [-0.15, -0.1) is 12.4 Å². The van der Waals surface area contributed by atoms with Gasteiger partial charge in [-0.2, -0.15) is 4.73 Å². The van der Waals surface area contributed by atoms with Crippen molar-refractivity contribution in [3.63, 3.8) is 0 Å². The van der Waals surface area contributed by atoms with Gasteiger partial charge in [0.25, 0.3) is 0 Å². The van der Waals surface area contributed by atoms with Crippen molar-refractivity contribution in [2.45, 2.75) is 13.3 Å². The zero-order valence-electron chi connectivity index (χ0n) is 14.7. The molecule has 2 heterocycles. The molecule has 0 aliphatic carbocycles. The van der Waals surface area contributed by atoms with Crippen LogP contribution in [0.4, 0.5) is 0 Å². The van der Waals surface area contributed by atoms with Crippen molar-refractivity contribution in [2.24, 2.45) is 0 Å². The van der Waals surface area contributed by atoms with Crippen LogP contribution in [-0.4, -0.2) is 21.3 Å². The van der Waals surface area contributed by atoms with Crippen LogP contribution in [0.25, 0.3) is 10.9 Å². The Kier molecular flexibility index (Phi) is 7.65. The summed E-state index contributed by atoms with van der Waals surface area (Å²) in [4.78, 5) is 13.9. The average molecular weight is 368 g/mol. The first kappa shape index (κ1) is 19.5. The van der Waals surface area contributed by atoms with E-state index >= 15 is 0 Å². The van der Waals surface area contributed by atoms with E-state index < -0.39 is 0 Å². The number of pyridine rings is 1. The predicted octanol–water partition coefficient (Wildman–Crippen LogP) is 4.58. The lowest BCUT2D eigenvalue weighted by Crippen LogP contribution is -2.13. The van der Waals surface area contributed by atoms with Gasteiger partial charge in [0.2, 0.25) is 0 Å². The third-order valence-electron chi connectivity index (χ3n) is 3.67. The summed E-state index contributed by atoms with van der Waals surface area (Å²) in [5.74, 6) is 0.933. The fourth-order valence-corrected chi connectivity index (χ4v) is 2.50. The minimum Gasteiger partial charge on any atom is -0.413 e. The van der Waals surface area contributed by atoms with Gasteiger partial charge in [0.15, 0.2) is 0 Å². The number of halogens is 1. The molecule has 2 aromatic carbocycles. The highest BCUT2D eigenvalue weighted by Crippen LogP contribution is 2.08. The zero-order valence-corrected chi connectivity index (χ0v) is 15.5. The van der Waals surface area contributed by atoms with Gasteiger partial charge < -0.3 is 4.84 Å². The Bertz CT molecular complexity index is 844. The van der Waals surface area contributed by atoms with Crippen molar-refractivity contribution < 1.29 is 4.84 Å². The summed E-state index contributed by atoms with van der Waals surface area (Å²) in [6, 6.07) is 22.3. The second-order valence-electron chi connectivity index (χ2n) is 5.45. The largest absolute Gasteiger partial charge is 0.413 e. The summed E-state index contributed by atoms with van der Waals surface area (Å²) in [6.45, 7) is 2.62. The van der Waals surface area contributed by atoms with Crippen LogP contribution in [0.3, 0.4) is 0 Å². The van der Waals surface area contributed by atoms with E-state index in [4.69, 9.17) is 4.84 Å². The molecule has 0 radical (unpaired) electrons. The molecule has 0 atom stereocenters. The molecule has 4 aromatic rings. The highest BCUT2D eigenvalue weighted by Gasteiger charge is 2.03. The standard InChI is InChI=1S/C12H14N2O.C9H7N.ClH/c1-2-15-14-9-8-13-12(14)10-11-6-4-3-5-7-11;1-2-6-9-8(4-1)5-3-7-10-9;/h3-9H,2,10H2,1H3;1-7H;1H. The van der Waals surface area contributed by atoms with Gasteiger partial charge >= 0.3 is 0 Å². The van der Waals surface area contributed by atoms with Gasteiger partial charge in [-0.05, 0) is 24.6 Å². The molecule has 2 aromatic heterocycles. The van der Waals surface area contributed by atoms with E-state index in [2.05, 4.69) is 34.2 Å². The number of hydrogen-bond donors (Lipinski definition) is 0. The molecule has 0 spiro atoms. The molecule has 0 fully saturated rings. The lowest BCUT2D eigenvalue weighted by Gasteiger charge is -2.07. The van der Waals surface area contributed by atoms with Crippen LogP contribution < -0.4 is 4.84 Å². The molecule has 0 aliphatic heterocycles. The molecule has 0 aliphatic rings. The van der Waals surface area contributed by atoms with Crippen LogP contribution in [0.15, 0.2) is 85.3 Å². The monoisotopic (exact) mass is 367 g/mol. The van der Waals surface area contributed by atoms with Crippen molar-refractivity contribution in [3.8, 4) is 0 Å². The molecule has 0 bridgehead atoms. The smallest absolute Gasteiger partial charge is 0.149 e. The Hall–Kier alpha value is -2.85. The molecule has 0 unspecified atom stereocenters. The SMILES string of the molecule is CCOn1ccnc1Cc1ccccc1.Cl.c1ccc2ncccc2c1. The lowest BCUT2D eigenvalue weighted by atomic mass is 10.1. The Morgan fingerprint density at radius 2 is 1.58 bits per heavy atom. The minimum absolute atomic E-state index is 0. The maximum atomic E-state index is 5.40. The van der Waals surface area contributed by atoms with Crippen molar-refractivity contribution in [1.29, 1.82) is 0 Å². The Labute approximate surface area is 159 Å². The maximum Gasteiger partial charge on any atom is 0.149 e. The van der Waals surface area contributed by atoms with E-state index in [1.165, 1.54) is 10.9 Å². The third-order valence-corrected chi connectivity index (χ3v) is 3.67. The van der Waals surface area contributed by atoms with Crippen molar-refractivity contribution in [2.75, 3.05) is 6.61 Å². The van der Waals surface area contributed by atoms with Gasteiger partial charge in [-0.1, -0.05) is 54.6 Å². The van der Waals surface area contributed by atoms with Crippen LogP contribution in [-0.2, 0) is 6.42 Å². The number of para-hydroxylation sites is 1. The quantitative estimate of drug-likeness (QED) is 0.530. The summed E-state index contributed by atoms with van der Waals surface area (Å²) in [5, 5.41) is 1.20. The second kappa shape index (κ2) is 10.2. The summed E-state index contributed by atoms with van der Waals surface area (Å²) in [6.07, 6.45) is 6.20. The first-order valence-electron chi connectivity index (χ1n) is 8.36. The number of benzene rings is 2. The van der Waals surface area contributed by atoms with Gasteiger partial charge in [0, 0.05) is 24.2 Å². The van der Waals surface area contributed by atoms with E-state index in [9.17, 15) is 0 Å². The van der Waals surface area contributed by atoms with E-state index in [0.717, 1.165) is 17.8 Å². The molecule has 5 heteroatoms. The zero-order chi connectivity index (χ0) is 17.3. The number of imidazole rings is 1. The number of aromatic nitrogens is 3. The molecular weight excluding hydrogens is 346 g/mol. The summed E-state index contributed by atoms with van der Waals surface area (Å²) < 4.78 is 1.73. The average Bonchev–Trinajstić information content (AvgIpc) is 3.10. The molecule has 4 rings (SSSR count). The van der Waals surface area contributed by atoms with Crippen molar-refractivity contribution in [3.05, 3.63) is 96.7 Å². The Balaban J connectivity index is 0.000000193. The summed E-state index contributed by atoms with van der Waals surface area (Å²) in [5.41, 5.74) is 2.30. The fraction of sp³-hybridized carbons (Fsp3) is 0.143. The molecule has 134 valence electrons. The predicted molar refractivity (Wildman–Crippen MR) is 108 cm³/mol. The second-order valence-corrected chi connectivity index (χ2v) is 5.45. The molecule has 0 saturated heterocycles. The van der Waals surface area contributed by atoms with Crippen LogP contribution in [0, 0.1) is 0 Å². The first-order chi connectivity index (χ1) is 12.4. The van der Waals surface area contributed by atoms with Crippen LogP contribution >= 0.6 is 12.4 Å². The molecule has 4 nitrogen and oxygen atoms in total. The summed E-state index contributed by atoms with van der Waals surface area (Å²) in [7, 11) is 0. The van der Waals surface area contributed by atoms with Gasteiger partial charge in [0.1, 0.15) is 12.4 Å². The molecule has 26 heavy (non-hydrogen) atoms. The number of rotatable bonds is 4. The normalized spacial score (nSPS) is 9.73. The van der Waals surface area contributed by atoms with Crippen LogP contribution in [0.2, 0.25) is 0 Å². The van der Waals surface area contributed by atoms with E-state index in [-0.39, 0.29) is 12.4 Å². The highest BCUT2D eigenvalue weighted by molar-refractivity contribution is 5.85. The Morgan fingerprint density at radius 1 is 0.846 bits per heavy atom. The maximum absolute atomic E-state index is 5.40. The molecule has 0 saturated carbocycles. The number of nitrogens with zero attached hydrogens (tertiary/aromatic N) is 3. The number of fused-ring (bicyclic) bond motifs is 1. The highest BCUT2D eigenvalue weighted by atomic mass is 35.5. The van der Waals surface area contributed by atoms with Gasteiger partial charge in [-0.25, -0.2) is 4.98 Å². The van der Waals surface area contributed by atoms with Crippen LogP contribution in [0.1, 0.15) is 18.3 Å². The van der Waals surface area contributed by atoms with Gasteiger partial charge in [-0.3, -0.25) is 4.98 Å². The van der Waals surface area contributed by atoms with Gasteiger partial charge in [0.05, 0.1) is 11.7 Å². The topological polar surface area (TPSA) is 39.9 Å². The number of hydrogen-bond acceptors (Lipinski definition) is 3. The van der Waals surface area contributed by atoms with E-state index in [1.807, 2.05) is 61.8 Å². The molecule has 0 amide bonds. The minimum atomic E-state index is 0. The lowest BCUT2D eigenvalue weighted by molar-refractivity contribution is 0.115. The fourth-order valence-electron chi connectivity index (χ4n) is 2.50. The third kappa shape index (κ3) is 5.33. The first-order valence-corrected chi connectivity index (χ1v) is 8.36. The van der Waals surface area contributed by atoms with Crippen molar-refractivity contribution in [1.82, 2.24) is 14.7 Å². The van der Waals surface area contributed by atoms with Crippen LogP contribution in [0.5, 0.6) is 0 Å². The van der Waals surface area contributed by atoms with Crippen molar-refractivity contribution >= 4 is 23.3 Å². The molecular formula is C21H22ClN3O. The van der Waals surface area contributed by atoms with E-state index in [0.29, 0.717) is 6.61 Å². The molecule has 0 N–H and O–H groups in total.